The number of nitrogens with one attached hydrogen (secondary N) is 1. The molecule has 3 nitrogen and oxygen atoms in total. The fourth-order valence-electron chi connectivity index (χ4n) is 2.11. The largest absolute Gasteiger partial charge is 0.343 e. The molecule has 1 fully saturated rings. The highest BCUT2D eigenvalue weighted by atomic mass is 16.2. The Bertz CT molecular complexity index is 196. The van der Waals surface area contributed by atoms with Gasteiger partial charge in [0.2, 0.25) is 5.91 Å². The van der Waals surface area contributed by atoms with Crippen molar-refractivity contribution in [1.82, 2.24) is 10.2 Å². The zero-order valence-corrected chi connectivity index (χ0v) is 10.3. The standard InChI is InChI=1S/C12H24N2O/c1-10(2)13-7-4-12-5-8-14(9-6-12)11(3)15/h10,12-13H,4-9H2,1-3H3. The number of likely N-dealkylation sites (tertiary alicyclic amines) is 1. The monoisotopic (exact) mass is 212 g/mol. The van der Waals surface area contributed by atoms with Crippen molar-refractivity contribution in [2.75, 3.05) is 19.6 Å². The van der Waals surface area contributed by atoms with Crippen LogP contribution in [0.3, 0.4) is 0 Å². The van der Waals surface area contributed by atoms with Gasteiger partial charge in [-0.25, -0.2) is 0 Å². The van der Waals surface area contributed by atoms with Gasteiger partial charge in [0.15, 0.2) is 0 Å². The van der Waals surface area contributed by atoms with Crippen LogP contribution in [-0.2, 0) is 4.79 Å². The number of amides is 1. The van der Waals surface area contributed by atoms with Gasteiger partial charge in [-0.1, -0.05) is 13.8 Å². The Morgan fingerprint density at radius 3 is 2.47 bits per heavy atom. The summed E-state index contributed by atoms with van der Waals surface area (Å²) in [6.45, 7) is 9.06. The number of nitrogens with zero attached hydrogens (tertiary/aromatic N) is 1. The van der Waals surface area contributed by atoms with Gasteiger partial charge in [-0.2, -0.15) is 0 Å². The predicted octanol–water partition coefficient (Wildman–Crippen LogP) is 1.63. The van der Waals surface area contributed by atoms with Crippen LogP contribution in [0.2, 0.25) is 0 Å². The molecule has 0 radical (unpaired) electrons. The number of hydrogen-bond donors (Lipinski definition) is 1. The molecule has 1 aliphatic heterocycles. The lowest BCUT2D eigenvalue weighted by Gasteiger charge is -2.31. The molecule has 88 valence electrons. The lowest BCUT2D eigenvalue weighted by atomic mass is 9.93. The molecule has 3 heteroatoms. The summed E-state index contributed by atoms with van der Waals surface area (Å²) in [5, 5.41) is 3.45. The summed E-state index contributed by atoms with van der Waals surface area (Å²) < 4.78 is 0. The molecule has 1 heterocycles. The van der Waals surface area contributed by atoms with Gasteiger partial charge in [-0.3, -0.25) is 4.79 Å². The minimum absolute atomic E-state index is 0.230. The first-order chi connectivity index (χ1) is 7.09. The van der Waals surface area contributed by atoms with E-state index in [4.69, 9.17) is 0 Å². The van der Waals surface area contributed by atoms with Gasteiger partial charge in [-0.15, -0.1) is 0 Å². The Morgan fingerprint density at radius 1 is 1.40 bits per heavy atom. The van der Waals surface area contributed by atoms with Gasteiger partial charge in [0.05, 0.1) is 0 Å². The van der Waals surface area contributed by atoms with Crippen molar-refractivity contribution in [3.63, 3.8) is 0 Å². The Morgan fingerprint density at radius 2 is 2.00 bits per heavy atom. The molecule has 0 aromatic carbocycles. The molecule has 0 aromatic rings. The maximum atomic E-state index is 11.1. The van der Waals surface area contributed by atoms with Crippen LogP contribution < -0.4 is 5.32 Å². The van der Waals surface area contributed by atoms with E-state index in [0.29, 0.717) is 6.04 Å². The van der Waals surface area contributed by atoms with E-state index in [9.17, 15) is 4.79 Å². The van der Waals surface area contributed by atoms with E-state index in [0.717, 1.165) is 25.6 Å². The van der Waals surface area contributed by atoms with Gasteiger partial charge < -0.3 is 10.2 Å². The highest BCUT2D eigenvalue weighted by molar-refractivity contribution is 5.73. The smallest absolute Gasteiger partial charge is 0.219 e. The van der Waals surface area contributed by atoms with Crippen LogP contribution in [0.15, 0.2) is 0 Å². The third-order valence-electron chi connectivity index (χ3n) is 3.17. The molecule has 1 rings (SSSR count). The molecule has 0 saturated carbocycles. The molecule has 0 aliphatic carbocycles. The zero-order valence-electron chi connectivity index (χ0n) is 10.3. The van der Waals surface area contributed by atoms with Crippen LogP contribution in [0, 0.1) is 5.92 Å². The second-order valence-corrected chi connectivity index (χ2v) is 4.85. The number of rotatable bonds is 4. The van der Waals surface area contributed by atoms with Gasteiger partial charge >= 0.3 is 0 Å². The number of carbonyl (C=O) groups is 1. The lowest BCUT2D eigenvalue weighted by Crippen LogP contribution is -2.37. The second kappa shape index (κ2) is 6.11. The normalized spacial score (nSPS) is 18.5. The van der Waals surface area contributed by atoms with Crippen LogP contribution in [-0.4, -0.2) is 36.5 Å². The Labute approximate surface area is 93.2 Å². The average Bonchev–Trinajstić information content (AvgIpc) is 2.18. The Hall–Kier alpha value is -0.570. The summed E-state index contributed by atoms with van der Waals surface area (Å²) in [5.41, 5.74) is 0. The first kappa shape index (κ1) is 12.5. The van der Waals surface area contributed by atoms with E-state index in [-0.39, 0.29) is 5.91 Å². The quantitative estimate of drug-likeness (QED) is 0.768. The average molecular weight is 212 g/mol. The van der Waals surface area contributed by atoms with Gasteiger partial charge in [-0.05, 0) is 31.7 Å². The molecule has 0 bridgehead atoms. The summed E-state index contributed by atoms with van der Waals surface area (Å²) in [7, 11) is 0. The highest BCUT2D eigenvalue weighted by Crippen LogP contribution is 2.19. The van der Waals surface area contributed by atoms with Crippen LogP contribution >= 0.6 is 0 Å². The van der Waals surface area contributed by atoms with Crippen molar-refractivity contribution in [3.8, 4) is 0 Å². The molecule has 0 unspecified atom stereocenters. The Kier molecular flexibility index (Phi) is 5.09. The van der Waals surface area contributed by atoms with Crippen molar-refractivity contribution >= 4 is 5.91 Å². The van der Waals surface area contributed by atoms with Crippen molar-refractivity contribution in [1.29, 1.82) is 0 Å². The molecule has 1 saturated heterocycles. The summed E-state index contributed by atoms with van der Waals surface area (Å²) in [6, 6.07) is 0.585. The minimum atomic E-state index is 0.230. The highest BCUT2D eigenvalue weighted by Gasteiger charge is 2.19. The van der Waals surface area contributed by atoms with Crippen molar-refractivity contribution in [3.05, 3.63) is 0 Å². The molecule has 15 heavy (non-hydrogen) atoms. The third kappa shape index (κ3) is 4.65. The molecule has 0 atom stereocenters. The summed E-state index contributed by atoms with van der Waals surface area (Å²) >= 11 is 0. The van der Waals surface area contributed by atoms with E-state index in [1.165, 1.54) is 19.3 Å². The number of piperidine rings is 1. The van der Waals surface area contributed by atoms with Crippen LogP contribution in [0.1, 0.15) is 40.0 Å². The molecular weight excluding hydrogens is 188 g/mol. The molecule has 1 N–H and O–H groups in total. The van der Waals surface area contributed by atoms with E-state index in [1.54, 1.807) is 6.92 Å². The fraction of sp³-hybridized carbons (Fsp3) is 0.917. The van der Waals surface area contributed by atoms with Crippen molar-refractivity contribution in [2.45, 2.75) is 46.1 Å². The maximum absolute atomic E-state index is 11.1. The molecule has 1 aliphatic rings. The van der Waals surface area contributed by atoms with Gasteiger partial charge in [0.25, 0.3) is 0 Å². The van der Waals surface area contributed by atoms with Crippen LogP contribution in [0.25, 0.3) is 0 Å². The van der Waals surface area contributed by atoms with E-state index < -0.39 is 0 Å². The van der Waals surface area contributed by atoms with Gasteiger partial charge in [0.1, 0.15) is 0 Å². The topological polar surface area (TPSA) is 32.3 Å². The number of hydrogen-bond acceptors (Lipinski definition) is 2. The molecule has 0 aromatic heterocycles. The summed E-state index contributed by atoms with van der Waals surface area (Å²) in [5.74, 6) is 1.04. The molecular formula is C12H24N2O. The van der Waals surface area contributed by atoms with Crippen LogP contribution in [0.4, 0.5) is 0 Å². The maximum Gasteiger partial charge on any atom is 0.219 e. The van der Waals surface area contributed by atoms with Gasteiger partial charge in [0, 0.05) is 26.1 Å². The Balaban J connectivity index is 2.12. The summed E-state index contributed by atoms with van der Waals surface area (Å²) in [6.07, 6.45) is 3.61. The fourth-order valence-corrected chi connectivity index (χ4v) is 2.11. The molecule has 1 amide bonds. The second-order valence-electron chi connectivity index (χ2n) is 4.85. The van der Waals surface area contributed by atoms with Crippen LogP contribution in [0.5, 0.6) is 0 Å². The third-order valence-corrected chi connectivity index (χ3v) is 3.17. The minimum Gasteiger partial charge on any atom is -0.343 e. The van der Waals surface area contributed by atoms with E-state index >= 15 is 0 Å². The van der Waals surface area contributed by atoms with Crippen molar-refractivity contribution in [2.24, 2.45) is 5.92 Å². The number of carbonyl (C=O) groups excluding carboxylic acids is 1. The predicted molar refractivity (Wildman–Crippen MR) is 62.7 cm³/mol. The zero-order chi connectivity index (χ0) is 11.3. The van der Waals surface area contributed by atoms with E-state index in [1.807, 2.05) is 4.90 Å². The first-order valence-corrected chi connectivity index (χ1v) is 6.08. The SMILES string of the molecule is CC(=O)N1CCC(CCNC(C)C)CC1. The van der Waals surface area contributed by atoms with Crippen molar-refractivity contribution < 1.29 is 4.79 Å². The lowest BCUT2D eigenvalue weighted by molar-refractivity contribution is -0.130. The summed E-state index contributed by atoms with van der Waals surface area (Å²) in [4.78, 5) is 13.1. The van der Waals surface area contributed by atoms with E-state index in [2.05, 4.69) is 19.2 Å². The first-order valence-electron chi connectivity index (χ1n) is 6.08. The molecule has 0 spiro atoms.